The number of anilines is 1. The van der Waals surface area contributed by atoms with Crippen molar-refractivity contribution < 1.29 is 9.18 Å². The largest absolute Gasteiger partial charge is 0.369 e. The van der Waals surface area contributed by atoms with E-state index < -0.39 is 0 Å². The van der Waals surface area contributed by atoms with Gasteiger partial charge in [-0.2, -0.15) is 5.10 Å². The molecule has 1 aliphatic carbocycles. The molecule has 6 heteroatoms. The molecule has 5 nitrogen and oxygen atoms in total. The van der Waals surface area contributed by atoms with Gasteiger partial charge in [0.05, 0.1) is 6.20 Å². The number of aromatic nitrogens is 2. The van der Waals surface area contributed by atoms with Gasteiger partial charge in [0.2, 0.25) is 5.91 Å². The first-order valence-electron chi connectivity index (χ1n) is 8.89. The number of benzene rings is 1. The lowest BCUT2D eigenvalue weighted by Gasteiger charge is -2.34. The molecule has 0 spiro atoms. The average Bonchev–Trinajstić information content (AvgIpc) is 3.30. The predicted octanol–water partition coefficient (Wildman–Crippen LogP) is 2.45. The van der Waals surface area contributed by atoms with Crippen molar-refractivity contribution in [2.45, 2.75) is 31.2 Å². The molecule has 2 heterocycles. The third kappa shape index (κ3) is 3.52. The number of hydrogen-bond acceptors (Lipinski definition) is 3. The van der Waals surface area contributed by atoms with Crippen molar-refractivity contribution in [3.63, 3.8) is 0 Å². The summed E-state index contributed by atoms with van der Waals surface area (Å²) in [5.41, 5.74) is 2.03. The monoisotopic (exact) mass is 342 g/mol. The summed E-state index contributed by atoms with van der Waals surface area (Å²) >= 11 is 0. The first kappa shape index (κ1) is 16.1. The van der Waals surface area contributed by atoms with Crippen molar-refractivity contribution in [3.8, 4) is 0 Å². The van der Waals surface area contributed by atoms with E-state index in [1.165, 1.54) is 6.07 Å². The topological polar surface area (TPSA) is 50.2 Å². The summed E-state index contributed by atoms with van der Waals surface area (Å²) in [6.07, 6.45) is 6.71. The fourth-order valence-electron chi connectivity index (χ4n) is 3.80. The third-order valence-corrected chi connectivity index (χ3v) is 5.22. The first-order chi connectivity index (χ1) is 12.1. The van der Waals surface area contributed by atoms with E-state index >= 15 is 0 Å². The zero-order valence-electron chi connectivity index (χ0n) is 14.4. The van der Waals surface area contributed by atoms with E-state index in [2.05, 4.69) is 15.3 Å². The summed E-state index contributed by atoms with van der Waals surface area (Å²) in [4.78, 5) is 14.7. The van der Waals surface area contributed by atoms with Gasteiger partial charge in [0.1, 0.15) is 5.82 Å². The summed E-state index contributed by atoms with van der Waals surface area (Å²) in [5.74, 6) is 0.284. The molecular weight excluding hydrogens is 319 g/mol. The van der Waals surface area contributed by atoms with E-state index in [0.29, 0.717) is 5.92 Å². The van der Waals surface area contributed by atoms with Crippen LogP contribution in [-0.4, -0.2) is 34.8 Å². The van der Waals surface area contributed by atoms with E-state index in [4.69, 9.17) is 0 Å². The van der Waals surface area contributed by atoms with Gasteiger partial charge in [-0.1, -0.05) is 6.07 Å². The first-order valence-corrected chi connectivity index (χ1v) is 8.89. The Balaban J connectivity index is 1.34. The molecule has 0 unspecified atom stereocenters. The molecule has 1 N–H and O–H groups in total. The van der Waals surface area contributed by atoms with Crippen LogP contribution in [0.4, 0.5) is 10.1 Å². The Morgan fingerprint density at radius 3 is 3.04 bits per heavy atom. The number of carbonyl (C=O) groups excluding carboxylic acids is 1. The Hall–Kier alpha value is -2.37. The Kier molecular flexibility index (Phi) is 4.19. The second kappa shape index (κ2) is 6.50. The van der Waals surface area contributed by atoms with Gasteiger partial charge in [-0.25, -0.2) is 4.39 Å². The van der Waals surface area contributed by atoms with Crippen molar-refractivity contribution in [1.29, 1.82) is 0 Å². The van der Waals surface area contributed by atoms with Crippen molar-refractivity contribution in [2.24, 2.45) is 13.0 Å². The molecule has 1 aromatic carbocycles. The van der Waals surface area contributed by atoms with Gasteiger partial charge in [0.15, 0.2) is 0 Å². The summed E-state index contributed by atoms with van der Waals surface area (Å²) < 4.78 is 15.2. The summed E-state index contributed by atoms with van der Waals surface area (Å²) in [5, 5.41) is 7.39. The SMILES string of the molecule is Cn1cc([C@@H]2C[C@H]2C(=O)N[C@H]2CCCN(c3cccc(F)c3)C2)cn1. The maximum atomic E-state index is 13.4. The van der Waals surface area contributed by atoms with E-state index in [1.54, 1.807) is 16.8 Å². The summed E-state index contributed by atoms with van der Waals surface area (Å²) in [6, 6.07) is 6.80. The van der Waals surface area contributed by atoms with Gasteiger partial charge in [-0.15, -0.1) is 0 Å². The molecule has 0 bridgehead atoms. The number of carbonyl (C=O) groups is 1. The maximum Gasteiger partial charge on any atom is 0.224 e. The molecule has 1 amide bonds. The van der Waals surface area contributed by atoms with Crippen molar-refractivity contribution in [3.05, 3.63) is 48.0 Å². The van der Waals surface area contributed by atoms with Gasteiger partial charge in [0, 0.05) is 44.0 Å². The van der Waals surface area contributed by atoms with E-state index in [1.807, 2.05) is 25.5 Å². The quantitative estimate of drug-likeness (QED) is 0.928. The van der Waals surface area contributed by atoms with Gasteiger partial charge in [0.25, 0.3) is 0 Å². The standard InChI is InChI=1S/C19H23FN4O/c1-23-11-13(10-21-23)17-9-18(17)19(25)22-15-5-3-7-24(12-15)16-6-2-4-14(20)8-16/h2,4,6,8,10-11,15,17-18H,3,5,7,9,12H2,1H3,(H,22,25)/t15-,17-,18+/m0/s1. The van der Waals surface area contributed by atoms with Crippen LogP contribution in [0.3, 0.4) is 0 Å². The Morgan fingerprint density at radius 1 is 1.40 bits per heavy atom. The number of aryl methyl sites for hydroxylation is 1. The highest BCUT2D eigenvalue weighted by Crippen LogP contribution is 2.47. The molecule has 0 radical (unpaired) electrons. The smallest absolute Gasteiger partial charge is 0.224 e. The highest BCUT2D eigenvalue weighted by atomic mass is 19.1. The van der Waals surface area contributed by atoms with Crippen molar-refractivity contribution in [1.82, 2.24) is 15.1 Å². The molecule has 132 valence electrons. The van der Waals surface area contributed by atoms with E-state index in [-0.39, 0.29) is 23.7 Å². The van der Waals surface area contributed by atoms with Crippen molar-refractivity contribution >= 4 is 11.6 Å². The molecule has 1 saturated carbocycles. The van der Waals surface area contributed by atoms with E-state index in [0.717, 1.165) is 43.6 Å². The Labute approximate surface area is 146 Å². The fraction of sp³-hybridized carbons (Fsp3) is 0.474. The molecule has 1 saturated heterocycles. The van der Waals surface area contributed by atoms with Crippen LogP contribution in [0.2, 0.25) is 0 Å². The number of nitrogens with zero attached hydrogens (tertiary/aromatic N) is 3. The van der Waals surface area contributed by atoms with Crippen LogP contribution in [0, 0.1) is 11.7 Å². The van der Waals surface area contributed by atoms with Gasteiger partial charge >= 0.3 is 0 Å². The molecule has 2 aromatic rings. The van der Waals surface area contributed by atoms with Crippen LogP contribution in [-0.2, 0) is 11.8 Å². The lowest BCUT2D eigenvalue weighted by molar-refractivity contribution is -0.123. The van der Waals surface area contributed by atoms with Gasteiger partial charge < -0.3 is 10.2 Å². The zero-order chi connectivity index (χ0) is 17.4. The highest BCUT2D eigenvalue weighted by molar-refractivity contribution is 5.83. The highest BCUT2D eigenvalue weighted by Gasteiger charge is 2.45. The van der Waals surface area contributed by atoms with Crippen LogP contribution < -0.4 is 10.2 Å². The van der Waals surface area contributed by atoms with Crippen LogP contribution in [0.5, 0.6) is 0 Å². The minimum absolute atomic E-state index is 0.0637. The lowest BCUT2D eigenvalue weighted by atomic mass is 10.0. The molecule has 1 aliphatic heterocycles. The molecule has 4 rings (SSSR count). The number of piperidine rings is 1. The van der Waals surface area contributed by atoms with Crippen LogP contribution in [0.1, 0.15) is 30.7 Å². The van der Waals surface area contributed by atoms with Gasteiger partial charge in [-0.3, -0.25) is 9.48 Å². The molecule has 25 heavy (non-hydrogen) atoms. The van der Waals surface area contributed by atoms with Crippen LogP contribution in [0.15, 0.2) is 36.7 Å². The molecule has 1 aromatic heterocycles. The number of hydrogen-bond donors (Lipinski definition) is 1. The number of nitrogens with one attached hydrogen (secondary N) is 1. The number of halogens is 1. The summed E-state index contributed by atoms with van der Waals surface area (Å²) in [6.45, 7) is 1.64. The molecular formula is C19H23FN4O. The Bertz CT molecular complexity index is 774. The minimum Gasteiger partial charge on any atom is -0.369 e. The summed E-state index contributed by atoms with van der Waals surface area (Å²) in [7, 11) is 1.89. The zero-order valence-corrected chi connectivity index (χ0v) is 14.4. The predicted molar refractivity (Wildman–Crippen MR) is 93.8 cm³/mol. The molecule has 2 fully saturated rings. The maximum absolute atomic E-state index is 13.4. The van der Waals surface area contributed by atoms with Crippen LogP contribution in [0.25, 0.3) is 0 Å². The average molecular weight is 342 g/mol. The third-order valence-electron chi connectivity index (χ3n) is 5.22. The van der Waals surface area contributed by atoms with E-state index in [9.17, 15) is 9.18 Å². The molecule has 2 aliphatic rings. The fourth-order valence-corrected chi connectivity index (χ4v) is 3.80. The normalized spacial score (nSPS) is 25.7. The van der Waals surface area contributed by atoms with Crippen LogP contribution >= 0.6 is 0 Å². The minimum atomic E-state index is -0.221. The second-order valence-corrected chi connectivity index (χ2v) is 7.17. The van der Waals surface area contributed by atoms with Crippen molar-refractivity contribution in [2.75, 3.05) is 18.0 Å². The number of amides is 1. The Morgan fingerprint density at radius 2 is 2.28 bits per heavy atom. The molecule has 3 atom stereocenters. The lowest BCUT2D eigenvalue weighted by Crippen LogP contribution is -2.48. The second-order valence-electron chi connectivity index (χ2n) is 7.17. The number of rotatable bonds is 4. The van der Waals surface area contributed by atoms with Gasteiger partial charge in [-0.05, 0) is 48.9 Å².